The zero-order valence-corrected chi connectivity index (χ0v) is 50.1. The van der Waals surface area contributed by atoms with Gasteiger partial charge in [-0.15, -0.1) is 0 Å². The Morgan fingerprint density at radius 3 is 1.82 bits per heavy atom. The molecule has 11 amide bonds. The van der Waals surface area contributed by atoms with Gasteiger partial charge in [-0.2, -0.15) is 11.8 Å². The van der Waals surface area contributed by atoms with Crippen molar-refractivity contribution in [2.75, 3.05) is 18.8 Å². The van der Waals surface area contributed by atoms with Gasteiger partial charge in [0.2, 0.25) is 53.2 Å². The summed E-state index contributed by atoms with van der Waals surface area (Å²) in [4.78, 5) is 145. The molecule has 0 aromatic carbocycles. The molecule has 11 atom stereocenters. The number of carbonyl (C=O) groups excluding carboxylic acids is 10. The van der Waals surface area contributed by atoms with E-state index in [1.54, 1.807) is 13.8 Å². The lowest BCUT2D eigenvalue weighted by atomic mass is 9.99. The number of aromatic nitrogens is 2. The van der Waals surface area contributed by atoms with Crippen LogP contribution in [0.5, 0.6) is 0 Å². The van der Waals surface area contributed by atoms with Crippen molar-refractivity contribution in [1.82, 2.24) is 63.1 Å². The molecule has 2 fully saturated rings. The monoisotopic (exact) mass is 1170 g/mol. The molecular weight excluding hydrogens is 1080 g/mol. The Hall–Kier alpha value is -6.71. The van der Waals surface area contributed by atoms with Crippen molar-refractivity contribution in [2.24, 2.45) is 51.6 Å². The van der Waals surface area contributed by atoms with E-state index in [9.17, 15) is 47.9 Å². The summed E-state index contributed by atoms with van der Waals surface area (Å²) in [5.74, 6) is -5.60. The van der Waals surface area contributed by atoms with Gasteiger partial charge in [-0.3, -0.25) is 48.1 Å². The van der Waals surface area contributed by atoms with Crippen LogP contribution < -0.4 is 76.1 Å². The maximum absolute atomic E-state index is 14.3. The number of urea groups is 1. The summed E-state index contributed by atoms with van der Waals surface area (Å²) < 4.78 is 0. The van der Waals surface area contributed by atoms with Crippen LogP contribution in [0.3, 0.4) is 0 Å². The van der Waals surface area contributed by atoms with Crippen molar-refractivity contribution in [1.29, 1.82) is 0 Å². The number of thioether (sulfide) groups is 1. The molecule has 2 aliphatic rings. The van der Waals surface area contributed by atoms with E-state index in [0.29, 0.717) is 49.6 Å². The van der Waals surface area contributed by atoms with E-state index in [-0.39, 0.29) is 92.8 Å². The molecule has 0 spiro atoms. The maximum Gasteiger partial charge on any atom is 0.315 e. The molecule has 0 aliphatic carbocycles. The number of nitrogens with two attached hydrogens (primary N) is 4. The molecule has 462 valence electrons. The molecule has 0 saturated carbocycles. The Kier molecular flexibility index (Phi) is 30.0. The van der Waals surface area contributed by atoms with Crippen LogP contribution in [0.2, 0.25) is 0 Å². The number of aliphatic imine (C=N–C) groups is 1. The number of imidazole rings is 1. The van der Waals surface area contributed by atoms with Gasteiger partial charge in [0.15, 0.2) is 5.96 Å². The summed E-state index contributed by atoms with van der Waals surface area (Å²) in [5, 5.41) is 28.1. The molecule has 3 rings (SSSR count). The second-order valence-electron chi connectivity index (χ2n) is 23.1. The maximum atomic E-state index is 14.3. The highest BCUT2D eigenvalue weighted by Gasteiger charge is 2.43. The molecule has 1 aromatic heterocycles. The SMILES string of the molecule is CC(C)C[C@H](NC(=O)[C@H](C)NC(=O)[C@H](CC(C)C)NC(=O)[C@H](Cc1cnc[nH]1)NC(=O)[C@H](CCCN=C(N)N)NC(=O)[C@@H](NC(=O)[C@@H](N)CC(C)C)C(C)C)C(=O)N[C@@H](CCCCNC(=O)CCCC[C@@H]1SC[C@H]2NC(=O)N[C@@H]12)C(N)=O. The van der Waals surface area contributed by atoms with E-state index >= 15 is 0 Å². The summed E-state index contributed by atoms with van der Waals surface area (Å²) in [6.07, 6.45) is 7.57. The van der Waals surface area contributed by atoms with Crippen LogP contribution in [0, 0.1) is 23.7 Å². The highest BCUT2D eigenvalue weighted by molar-refractivity contribution is 8.00. The number of carbonyl (C=O) groups is 10. The predicted octanol–water partition coefficient (Wildman–Crippen LogP) is -0.962. The van der Waals surface area contributed by atoms with Gasteiger partial charge in [0, 0.05) is 48.8 Å². The Bertz CT molecular complexity index is 2300. The third-order valence-corrected chi connectivity index (χ3v) is 15.4. The van der Waals surface area contributed by atoms with Crippen molar-refractivity contribution in [3.05, 3.63) is 18.2 Å². The summed E-state index contributed by atoms with van der Waals surface area (Å²) in [7, 11) is 0. The van der Waals surface area contributed by atoms with Gasteiger partial charge >= 0.3 is 6.03 Å². The number of nitrogens with zero attached hydrogens (tertiary/aromatic N) is 2. The Balaban J connectivity index is 1.65. The molecule has 2 aliphatic heterocycles. The molecule has 1 aromatic rings. The minimum atomic E-state index is -1.35. The Morgan fingerprint density at radius 1 is 0.646 bits per heavy atom. The first-order chi connectivity index (χ1) is 38.6. The minimum Gasteiger partial charge on any atom is -0.370 e. The highest BCUT2D eigenvalue weighted by atomic mass is 32.2. The average molecular weight is 1170 g/mol. The van der Waals surface area contributed by atoms with Gasteiger partial charge in [0.05, 0.1) is 24.5 Å². The standard InChI is InChI=1S/C54H95N17O10S/c1-28(2)21-34(55)47(75)70-43(31(7)8)52(80)65-36(16-14-20-61-53(57)58)48(76)68-39(24-33-25-59-27-62-33)51(79)67-37(22-29(3)4)49(77)63-32(9)46(74)66-38(23-30(5)6)50(78)64-35(45(56)73)15-12-13-19-60-42(72)18-11-10-17-41-44-40(26-82-41)69-54(81)71-44/h25,27-32,34-41,43-44H,10-24,26,55H2,1-9H3,(H2,56,73)(H,59,62)(H,60,72)(H,63,77)(H,64,78)(H,65,80)(H,66,74)(H,67,79)(H,68,76)(H,70,75)(H4,57,58,61)(H2,69,71,81)/t32-,34-,35-,36-,37-,38-,39-,40+,41-,43-,44+/m0/s1. The van der Waals surface area contributed by atoms with Gasteiger partial charge in [-0.1, -0.05) is 61.8 Å². The zero-order chi connectivity index (χ0) is 61.2. The van der Waals surface area contributed by atoms with Crippen molar-refractivity contribution in [3.8, 4) is 0 Å². The first-order valence-corrected chi connectivity index (χ1v) is 29.9. The van der Waals surface area contributed by atoms with Gasteiger partial charge in [0.25, 0.3) is 0 Å². The molecule has 19 N–H and O–H groups in total. The molecule has 82 heavy (non-hydrogen) atoms. The number of rotatable bonds is 38. The van der Waals surface area contributed by atoms with Crippen molar-refractivity contribution in [3.63, 3.8) is 0 Å². The topological polar surface area (TPSA) is 436 Å². The van der Waals surface area contributed by atoms with E-state index in [1.807, 2.05) is 53.3 Å². The molecule has 0 bridgehead atoms. The van der Waals surface area contributed by atoms with Crippen LogP contribution in [0.25, 0.3) is 0 Å². The number of hydrogen-bond acceptors (Lipinski definition) is 14. The second kappa shape index (κ2) is 35.3. The number of aromatic amines is 1. The zero-order valence-electron chi connectivity index (χ0n) is 49.3. The third-order valence-electron chi connectivity index (χ3n) is 13.9. The fourth-order valence-corrected chi connectivity index (χ4v) is 11.1. The van der Waals surface area contributed by atoms with Crippen molar-refractivity contribution >= 4 is 76.9 Å². The number of nitrogens with one attached hydrogen (secondary N) is 11. The molecule has 0 unspecified atom stereocenters. The molecule has 27 nitrogen and oxygen atoms in total. The quantitative estimate of drug-likeness (QED) is 0.0164. The van der Waals surface area contributed by atoms with Crippen LogP contribution in [0.4, 0.5) is 4.79 Å². The smallest absolute Gasteiger partial charge is 0.315 e. The third kappa shape index (κ3) is 25.2. The lowest BCUT2D eigenvalue weighted by molar-refractivity contribution is -0.136. The molecule has 2 saturated heterocycles. The van der Waals surface area contributed by atoms with E-state index in [0.717, 1.165) is 18.6 Å². The fraction of sp³-hybridized carbons (Fsp3) is 0.741. The van der Waals surface area contributed by atoms with E-state index in [2.05, 4.69) is 68.1 Å². The number of H-pyrrole nitrogens is 1. The first-order valence-electron chi connectivity index (χ1n) is 28.8. The number of fused-ring (bicyclic) bond motifs is 1. The second-order valence-corrected chi connectivity index (χ2v) is 24.4. The van der Waals surface area contributed by atoms with Gasteiger partial charge in [0.1, 0.15) is 42.3 Å². The Morgan fingerprint density at radius 2 is 1.22 bits per heavy atom. The van der Waals surface area contributed by atoms with Gasteiger partial charge < -0.3 is 81.1 Å². The van der Waals surface area contributed by atoms with E-state index in [1.165, 1.54) is 19.4 Å². The van der Waals surface area contributed by atoms with Crippen molar-refractivity contribution in [2.45, 2.75) is 211 Å². The lowest BCUT2D eigenvalue weighted by Gasteiger charge is -2.28. The van der Waals surface area contributed by atoms with Crippen LogP contribution in [0.15, 0.2) is 17.5 Å². The molecule has 28 heteroatoms. The summed E-state index contributed by atoms with van der Waals surface area (Å²) in [6.45, 7) is 16.5. The van der Waals surface area contributed by atoms with Crippen LogP contribution >= 0.6 is 11.8 Å². The molecule has 3 heterocycles. The minimum absolute atomic E-state index is 0.0105. The van der Waals surface area contributed by atoms with Gasteiger partial charge in [-0.05, 0) is 94.8 Å². The van der Waals surface area contributed by atoms with E-state index in [4.69, 9.17) is 22.9 Å². The summed E-state index contributed by atoms with van der Waals surface area (Å²) in [5.41, 5.74) is 23.3. The number of amides is 11. The number of hydrogen-bond donors (Lipinski definition) is 15. The molecule has 0 radical (unpaired) electrons. The lowest BCUT2D eigenvalue weighted by Crippen LogP contribution is -2.60. The highest BCUT2D eigenvalue weighted by Crippen LogP contribution is 2.33. The fourth-order valence-electron chi connectivity index (χ4n) is 9.52. The number of primary amides is 1. The average Bonchev–Trinajstić information content (AvgIpc) is 4.33. The summed E-state index contributed by atoms with van der Waals surface area (Å²) >= 11 is 1.83. The van der Waals surface area contributed by atoms with E-state index < -0.39 is 102 Å². The Labute approximate surface area is 486 Å². The summed E-state index contributed by atoms with van der Waals surface area (Å²) in [6, 6.07) is -9.07. The van der Waals surface area contributed by atoms with Crippen LogP contribution in [-0.2, 0) is 49.6 Å². The normalized spacial score (nSPS) is 18.5. The van der Waals surface area contributed by atoms with Crippen molar-refractivity contribution < 1.29 is 47.9 Å². The predicted molar refractivity (Wildman–Crippen MR) is 313 cm³/mol. The van der Waals surface area contributed by atoms with Crippen LogP contribution in [-0.4, -0.2) is 160 Å². The molecular formula is C54H95N17O10S. The number of guanidine groups is 1. The van der Waals surface area contributed by atoms with Gasteiger partial charge in [-0.25, -0.2) is 9.78 Å². The first kappa shape index (κ1) is 69.6. The van der Waals surface area contributed by atoms with Crippen LogP contribution in [0.1, 0.15) is 145 Å². The largest absolute Gasteiger partial charge is 0.370 e. The number of unbranched alkanes of at least 4 members (excludes halogenated alkanes) is 2.